The maximum absolute atomic E-state index is 12.7. The topological polar surface area (TPSA) is 86.0 Å². The number of nitrogens with zero attached hydrogens (tertiary/aromatic N) is 2. The monoisotopic (exact) mass is 363 g/mol. The molecule has 1 heterocycles. The van der Waals surface area contributed by atoms with Crippen molar-refractivity contribution in [2.75, 3.05) is 5.32 Å². The summed E-state index contributed by atoms with van der Waals surface area (Å²) in [5.74, 6) is 1.58. The molecule has 3 unspecified atom stereocenters. The van der Waals surface area contributed by atoms with Gasteiger partial charge in [-0.2, -0.15) is 5.26 Å². The summed E-state index contributed by atoms with van der Waals surface area (Å²) in [6, 6.07) is 2.37. The molecule has 0 spiro atoms. The minimum Gasteiger partial charge on any atom is -0.390 e. The van der Waals surface area contributed by atoms with Crippen LogP contribution in [-0.4, -0.2) is 27.5 Å². The summed E-state index contributed by atoms with van der Waals surface area (Å²) < 4.78 is 0. The quantitative estimate of drug-likeness (QED) is 0.782. The fraction of sp³-hybridized carbons (Fsp3) is 0.591. The summed E-state index contributed by atoms with van der Waals surface area (Å²) >= 11 is 0. The van der Waals surface area contributed by atoms with Crippen molar-refractivity contribution in [1.29, 1.82) is 5.26 Å². The van der Waals surface area contributed by atoms with Crippen molar-refractivity contribution in [2.24, 2.45) is 17.8 Å². The van der Waals surface area contributed by atoms with Crippen molar-refractivity contribution in [3.8, 4) is 6.07 Å². The Morgan fingerprint density at radius 1 is 1.33 bits per heavy atom. The van der Waals surface area contributed by atoms with E-state index >= 15 is 0 Å². The number of nitrogens with one attached hydrogen (secondary N) is 1. The zero-order valence-electron chi connectivity index (χ0n) is 15.4. The molecule has 1 aromatic rings. The molecule has 5 nitrogen and oxygen atoms in total. The average molecular weight is 363 g/mol. The van der Waals surface area contributed by atoms with Gasteiger partial charge in [-0.3, -0.25) is 9.78 Å². The molecule has 4 bridgehead atoms. The Kier molecular flexibility index (Phi) is 3.87. The number of hydrogen-bond acceptors (Lipinski definition) is 5. The van der Waals surface area contributed by atoms with Crippen molar-refractivity contribution in [3.63, 3.8) is 0 Å². The largest absolute Gasteiger partial charge is 0.390 e. The minimum absolute atomic E-state index is 0.0166. The van der Waals surface area contributed by atoms with E-state index in [9.17, 15) is 9.90 Å². The van der Waals surface area contributed by atoms with E-state index in [4.69, 9.17) is 5.26 Å². The summed E-state index contributed by atoms with van der Waals surface area (Å²) in [5.41, 5.74) is 3.10. The van der Waals surface area contributed by atoms with Gasteiger partial charge < -0.3 is 10.4 Å². The van der Waals surface area contributed by atoms with Crippen LogP contribution in [0.3, 0.4) is 0 Å². The zero-order chi connectivity index (χ0) is 18.6. The summed E-state index contributed by atoms with van der Waals surface area (Å²) in [6.45, 7) is 0. The Labute approximate surface area is 159 Å². The number of ketones is 1. The first-order valence-electron chi connectivity index (χ1n) is 10.1. The molecule has 6 rings (SSSR count). The standard InChI is InChI=1S/C22H25N3O2/c23-6-2-5-19(26)17-12-24-18-4-1-3-16(18)21(17)25-20-14-7-13-8-15(20)11-22(27,9-13)10-14/h1,3,12-15,20,27H,2,4-5,7-11H2,(H,24,25)/t13?,14-,15+,20?,22?. The van der Waals surface area contributed by atoms with Gasteiger partial charge in [-0.15, -0.1) is 0 Å². The second kappa shape index (κ2) is 6.17. The first-order valence-corrected chi connectivity index (χ1v) is 10.1. The highest BCUT2D eigenvalue weighted by atomic mass is 16.3. The molecule has 5 aliphatic carbocycles. The number of anilines is 1. The van der Waals surface area contributed by atoms with Crippen molar-refractivity contribution in [1.82, 2.24) is 4.98 Å². The summed E-state index contributed by atoms with van der Waals surface area (Å²) in [4.78, 5) is 17.2. The van der Waals surface area contributed by atoms with Gasteiger partial charge in [0, 0.05) is 37.1 Å². The molecule has 5 heteroatoms. The van der Waals surface area contributed by atoms with Crippen molar-refractivity contribution < 1.29 is 9.90 Å². The molecule has 4 fully saturated rings. The number of Topliss-reactive ketones (excluding diaryl/α,β-unsaturated/α-hetero) is 1. The first kappa shape index (κ1) is 16.9. The smallest absolute Gasteiger partial charge is 0.167 e. The molecular formula is C22H25N3O2. The van der Waals surface area contributed by atoms with Gasteiger partial charge in [-0.1, -0.05) is 12.2 Å². The minimum atomic E-state index is -0.458. The molecule has 5 aliphatic rings. The number of rotatable bonds is 5. The molecular weight excluding hydrogens is 338 g/mol. The number of pyridine rings is 1. The van der Waals surface area contributed by atoms with Crippen molar-refractivity contribution in [2.45, 2.75) is 63.0 Å². The van der Waals surface area contributed by atoms with Gasteiger partial charge in [-0.05, 0) is 49.9 Å². The van der Waals surface area contributed by atoms with Crippen LogP contribution in [-0.2, 0) is 6.42 Å². The van der Waals surface area contributed by atoms with Crippen LogP contribution in [0, 0.1) is 29.1 Å². The third-order valence-corrected chi connectivity index (χ3v) is 7.11. The lowest BCUT2D eigenvalue weighted by molar-refractivity contribution is -0.129. The number of hydrogen-bond donors (Lipinski definition) is 2. The third kappa shape index (κ3) is 2.78. The van der Waals surface area contributed by atoms with Gasteiger partial charge in [0.1, 0.15) is 0 Å². The second-order valence-corrected chi connectivity index (χ2v) is 8.96. The van der Waals surface area contributed by atoms with Gasteiger partial charge in [0.05, 0.1) is 28.6 Å². The number of carbonyl (C=O) groups excluding carboxylic acids is 1. The lowest BCUT2D eigenvalue weighted by Gasteiger charge is -2.58. The van der Waals surface area contributed by atoms with Crippen LogP contribution >= 0.6 is 0 Å². The van der Waals surface area contributed by atoms with Crippen molar-refractivity contribution in [3.05, 3.63) is 29.1 Å². The number of allylic oxidation sites excluding steroid dienone is 1. The molecule has 0 aromatic carbocycles. The van der Waals surface area contributed by atoms with Gasteiger partial charge in [-0.25, -0.2) is 0 Å². The van der Waals surface area contributed by atoms with Crippen molar-refractivity contribution >= 4 is 17.5 Å². The predicted octanol–water partition coefficient (Wildman–Crippen LogP) is 3.49. The molecule has 0 radical (unpaired) electrons. The zero-order valence-corrected chi connectivity index (χ0v) is 15.4. The highest BCUT2D eigenvalue weighted by Gasteiger charge is 2.54. The second-order valence-electron chi connectivity index (χ2n) is 8.96. The fourth-order valence-corrected chi connectivity index (χ4v) is 6.25. The van der Waals surface area contributed by atoms with Gasteiger partial charge in [0.15, 0.2) is 5.78 Å². The van der Waals surface area contributed by atoms with E-state index in [1.807, 2.05) is 0 Å². The summed E-state index contributed by atoms with van der Waals surface area (Å²) in [5, 5.41) is 23.5. The van der Waals surface area contributed by atoms with Crippen LogP contribution in [0.2, 0.25) is 0 Å². The number of aromatic nitrogens is 1. The number of aliphatic hydroxyl groups is 1. The number of fused-ring (bicyclic) bond motifs is 1. The lowest BCUT2D eigenvalue weighted by Crippen LogP contribution is -2.59. The maximum atomic E-state index is 12.7. The lowest BCUT2D eigenvalue weighted by atomic mass is 9.52. The van der Waals surface area contributed by atoms with E-state index in [0.29, 0.717) is 29.4 Å². The molecule has 5 atom stereocenters. The number of carbonyl (C=O) groups is 1. The van der Waals surface area contributed by atoms with Gasteiger partial charge >= 0.3 is 0 Å². The molecule has 4 saturated carbocycles. The van der Waals surface area contributed by atoms with Crippen LogP contribution < -0.4 is 5.32 Å². The van der Waals surface area contributed by atoms with Crippen LogP contribution in [0.25, 0.3) is 6.08 Å². The van der Waals surface area contributed by atoms with Crippen LogP contribution in [0.1, 0.15) is 66.6 Å². The van der Waals surface area contributed by atoms with Crippen LogP contribution in [0.5, 0.6) is 0 Å². The van der Waals surface area contributed by atoms with E-state index < -0.39 is 5.60 Å². The number of nitriles is 1. The Morgan fingerprint density at radius 3 is 2.81 bits per heavy atom. The van der Waals surface area contributed by atoms with Crippen LogP contribution in [0.4, 0.5) is 5.69 Å². The normalized spacial score (nSPS) is 35.1. The first-order chi connectivity index (χ1) is 13.1. The van der Waals surface area contributed by atoms with E-state index in [1.54, 1.807) is 6.20 Å². The van der Waals surface area contributed by atoms with E-state index in [0.717, 1.165) is 42.6 Å². The van der Waals surface area contributed by atoms with E-state index in [2.05, 4.69) is 28.5 Å². The highest BCUT2D eigenvalue weighted by Crippen LogP contribution is 2.56. The van der Waals surface area contributed by atoms with E-state index in [1.165, 1.54) is 12.8 Å². The Hall–Kier alpha value is -2.19. The fourth-order valence-electron chi connectivity index (χ4n) is 6.25. The molecule has 1 aromatic heterocycles. The summed E-state index contributed by atoms with van der Waals surface area (Å²) in [6.07, 6.45) is 12.2. The average Bonchev–Trinajstić information content (AvgIpc) is 3.10. The van der Waals surface area contributed by atoms with Gasteiger partial charge in [0.25, 0.3) is 0 Å². The molecule has 140 valence electrons. The van der Waals surface area contributed by atoms with Gasteiger partial charge in [0.2, 0.25) is 0 Å². The Bertz CT molecular complexity index is 853. The Balaban J connectivity index is 1.48. The third-order valence-electron chi connectivity index (χ3n) is 7.11. The van der Waals surface area contributed by atoms with E-state index in [-0.39, 0.29) is 18.6 Å². The molecule has 2 N–H and O–H groups in total. The molecule has 0 aliphatic heterocycles. The highest BCUT2D eigenvalue weighted by molar-refractivity contribution is 6.03. The van der Waals surface area contributed by atoms with Crippen LogP contribution in [0.15, 0.2) is 12.3 Å². The molecule has 0 amide bonds. The maximum Gasteiger partial charge on any atom is 0.167 e. The predicted molar refractivity (Wildman–Crippen MR) is 102 cm³/mol. The summed E-state index contributed by atoms with van der Waals surface area (Å²) in [7, 11) is 0. The molecule has 0 saturated heterocycles. The SMILES string of the molecule is N#CCCC(=O)c1cnc2c(c1NC1[C@@H]3CC4C[C@H]1CC(O)(C4)C3)C=CC2. The molecule has 27 heavy (non-hydrogen) atoms. The Morgan fingerprint density at radius 2 is 2.11 bits per heavy atom.